The number of carbonyl (C=O) groups is 1. The first kappa shape index (κ1) is 17.5. The Morgan fingerprint density at radius 3 is 2.81 bits per heavy atom. The van der Waals surface area contributed by atoms with Crippen LogP contribution in [0.1, 0.15) is 20.8 Å². The van der Waals surface area contributed by atoms with E-state index in [2.05, 4.69) is 10.5 Å². The number of hydrazone groups is 1. The number of rotatable bonds is 3. The first-order chi connectivity index (χ1) is 13.0. The molecule has 134 valence electrons. The number of benzene rings is 3. The molecule has 0 bridgehead atoms. The van der Waals surface area contributed by atoms with Gasteiger partial charge in [0.1, 0.15) is 10.6 Å². The number of phenols is 1. The Morgan fingerprint density at radius 1 is 1.15 bits per heavy atom. The molecule has 0 atom stereocenters. The van der Waals surface area contributed by atoms with Crippen molar-refractivity contribution in [2.45, 2.75) is 6.92 Å². The molecule has 27 heavy (non-hydrogen) atoms. The minimum absolute atomic E-state index is 0.126. The number of halogens is 1. The number of aromatic hydroxyl groups is 1. The first-order valence-corrected chi connectivity index (χ1v) is 9.47. The van der Waals surface area contributed by atoms with E-state index in [1.807, 2.05) is 55.5 Å². The molecule has 2 N–H and O–H groups in total. The standard InChI is InChI=1S/C21H15ClN2O2S/c1-12-6-9-16-17(10-12)27-20(18(16)22)21(26)24-23-11-14-8-7-13-4-2-3-5-15(13)19(14)25/h2-11,25H,1H3,(H,24,26). The van der Waals surface area contributed by atoms with Gasteiger partial charge in [0.2, 0.25) is 0 Å². The molecule has 4 nitrogen and oxygen atoms in total. The van der Waals surface area contributed by atoms with E-state index in [4.69, 9.17) is 11.6 Å². The van der Waals surface area contributed by atoms with Gasteiger partial charge in [-0.15, -0.1) is 11.3 Å². The lowest BCUT2D eigenvalue weighted by atomic mass is 10.1. The molecule has 6 heteroatoms. The number of amides is 1. The van der Waals surface area contributed by atoms with Gasteiger partial charge in [-0.2, -0.15) is 5.10 Å². The molecule has 0 saturated carbocycles. The van der Waals surface area contributed by atoms with Crippen molar-refractivity contribution in [1.29, 1.82) is 0 Å². The summed E-state index contributed by atoms with van der Waals surface area (Å²) < 4.78 is 0.960. The minimum Gasteiger partial charge on any atom is -0.507 e. The fraction of sp³-hybridized carbons (Fsp3) is 0.0476. The highest BCUT2D eigenvalue weighted by atomic mass is 35.5. The molecule has 0 aliphatic carbocycles. The SMILES string of the molecule is Cc1ccc2c(Cl)c(C(=O)NN=Cc3ccc4ccccc4c3O)sc2c1. The largest absolute Gasteiger partial charge is 0.507 e. The number of thiophene rings is 1. The Hall–Kier alpha value is -2.89. The van der Waals surface area contributed by atoms with Gasteiger partial charge in [-0.1, -0.05) is 54.1 Å². The van der Waals surface area contributed by atoms with Gasteiger partial charge in [0.15, 0.2) is 0 Å². The van der Waals surface area contributed by atoms with E-state index in [1.54, 1.807) is 6.07 Å². The number of fused-ring (bicyclic) bond motifs is 2. The third kappa shape index (κ3) is 3.27. The quantitative estimate of drug-likeness (QED) is 0.356. The molecule has 1 amide bonds. The maximum atomic E-state index is 12.4. The van der Waals surface area contributed by atoms with Crippen LogP contribution in [0, 0.1) is 6.92 Å². The molecule has 0 radical (unpaired) electrons. The van der Waals surface area contributed by atoms with Crippen LogP contribution in [0.4, 0.5) is 0 Å². The second-order valence-corrected chi connectivity index (χ2v) is 7.60. The van der Waals surface area contributed by atoms with E-state index < -0.39 is 0 Å². The summed E-state index contributed by atoms with van der Waals surface area (Å²) in [7, 11) is 0. The Bertz CT molecular complexity index is 1210. The predicted octanol–water partition coefficient (Wildman–Crippen LogP) is 5.49. The molecule has 0 aliphatic rings. The summed E-state index contributed by atoms with van der Waals surface area (Å²) in [6.45, 7) is 1.99. The van der Waals surface area contributed by atoms with Gasteiger partial charge in [-0.05, 0) is 30.0 Å². The number of aryl methyl sites for hydroxylation is 1. The van der Waals surface area contributed by atoms with Crippen LogP contribution in [-0.2, 0) is 0 Å². The molecule has 0 unspecified atom stereocenters. The summed E-state index contributed by atoms with van der Waals surface area (Å²) in [6, 6.07) is 17.0. The topological polar surface area (TPSA) is 61.7 Å². The normalized spacial score (nSPS) is 11.5. The average Bonchev–Trinajstić information content (AvgIpc) is 2.99. The Balaban J connectivity index is 1.58. The molecular weight excluding hydrogens is 380 g/mol. The second-order valence-electron chi connectivity index (χ2n) is 6.17. The predicted molar refractivity (Wildman–Crippen MR) is 112 cm³/mol. The Kier molecular flexibility index (Phi) is 4.56. The highest BCUT2D eigenvalue weighted by Crippen LogP contribution is 2.35. The van der Waals surface area contributed by atoms with Crippen LogP contribution in [0.5, 0.6) is 5.75 Å². The summed E-state index contributed by atoms with van der Waals surface area (Å²) in [5.41, 5.74) is 4.11. The van der Waals surface area contributed by atoms with Gasteiger partial charge in [-0.3, -0.25) is 4.79 Å². The summed E-state index contributed by atoms with van der Waals surface area (Å²) in [6.07, 6.45) is 1.42. The molecule has 0 saturated heterocycles. The van der Waals surface area contributed by atoms with Crippen molar-refractivity contribution in [3.05, 3.63) is 75.6 Å². The molecule has 1 heterocycles. The summed E-state index contributed by atoms with van der Waals surface area (Å²) in [5.74, 6) is -0.253. The molecule has 0 spiro atoms. The minimum atomic E-state index is -0.379. The van der Waals surface area contributed by atoms with Crippen molar-refractivity contribution in [1.82, 2.24) is 5.43 Å². The maximum absolute atomic E-state index is 12.4. The fourth-order valence-electron chi connectivity index (χ4n) is 2.91. The molecular formula is C21H15ClN2O2S. The van der Waals surface area contributed by atoms with Gasteiger partial charge in [0.25, 0.3) is 5.91 Å². The van der Waals surface area contributed by atoms with Crippen molar-refractivity contribution in [3.63, 3.8) is 0 Å². The van der Waals surface area contributed by atoms with Gasteiger partial charge in [-0.25, -0.2) is 5.43 Å². The van der Waals surface area contributed by atoms with Gasteiger partial charge in [0, 0.05) is 21.0 Å². The van der Waals surface area contributed by atoms with Gasteiger partial charge >= 0.3 is 0 Å². The van der Waals surface area contributed by atoms with Crippen LogP contribution in [0.25, 0.3) is 20.9 Å². The van der Waals surface area contributed by atoms with E-state index in [9.17, 15) is 9.90 Å². The lowest BCUT2D eigenvalue weighted by molar-refractivity contribution is 0.0959. The van der Waals surface area contributed by atoms with Crippen LogP contribution >= 0.6 is 22.9 Å². The summed E-state index contributed by atoms with van der Waals surface area (Å²) in [4.78, 5) is 12.9. The maximum Gasteiger partial charge on any atom is 0.283 e. The molecule has 1 aromatic heterocycles. The summed E-state index contributed by atoms with van der Waals surface area (Å²) in [5, 5.41) is 17.3. The number of hydrogen-bond acceptors (Lipinski definition) is 4. The van der Waals surface area contributed by atoms with E-state index >= 15 is 0 Å². The fourth-order valence-corrected chi connectivity index (χ4v) is 4.41. The van der Waals surface area contributed by atoms with E-state index in [0.29, 0.717) is 15.5 Å². The zero-order valence-electron chi connectivity index (χ0n) is 14.4. The number of hydrogen-bond donors (Lipinski definition) is 2. The number of nitrogens with one attached hydrogen (secondary N) is 1. The first-order valence-electron chi connectivity index (χ1n) is 8.27. The zero-order chi connectivity index (χ0) is 19.0. The third-order valence-corrected chi connectivity index (χ3v) is 5.95. The van der Waals surface area contributed by atoms with Crippen molar-refractivity contribution in [2.75, 3.05) is 0 Å². The average molecular weight is 395 g/mol. The Labute approximate surface area is 164 Å². The lowest BCUT2D eigenvalue weighted by Crippen LogP contribution is -2.16. The van der Waals surface area contributed by atoms with Crippen LogP contribution in [0.2, 0.25) is 5.02 Å². The van der Waals surface area contributed by atoms with Crippen LogP contribution in [0.3, 0.4) is 0 Å². The van der Waals surface area contributed by atoms with Gasteiger partial charge in [0.05, 0.1) is 11.2 Å². The van der Waals surface area contributed by atoms with E-state index in [0.717, 1.165) is 26.4 Å². The number of nitrogens with zero attached hydrogens (tertiary/aromatic N) is 1. The smallest absolute Gasteiger partial charge is 0.283 e. The highest BCUT2D eigenvalue weighted by molar-refractivity contribution is 7.21. The zero-order valence-corrected chi connectivity index (χ0v) is 15.9. The molecule has 0 aliphatic heterocycles. The van der Waals surface area contributed by atoms with Gasteiger partial charge < -0.3 is 5.11 Å². The second kappa shape index (κ2) is 7.02. The van der Waals surface area contributed by atoms with Crippen molar-refractivity contribution in [3.8, 4) is 5.75 Å². The van der Waals surface area contributed by atoms with Crippen molar-refractivity contribution < 1.29 is 9.90 Å². The monoisotopic (exact) mass is 394 g/mol. The summed E-state index contributed by atoms with van der Waals surface area (Å²) >= 11 is 7.68. The molecule has 4 aromatic rings. The highest BCUT2D eigenvalue weighted by Gasteiger charge is 2.16. The van der Waals surface area contributed by atoms with Crippen LogP contribution in [0.15, 0.2) is 59.7 Å². The van der Waals surface area contributed by atoms with E-state index in [1.165, 1.54) is 17.6 Å². The Morgan fingerprint density at radius 2 is 1.96 bits per heavy atom. The van der Waals surface area contributed by atoms with E-state index in [-0.39, 0.29) is 11.7 Å². The van der Waals surface area contributed by atoms with Crippen LogP contribution < -0.4 is 5.43 Å². The third-order valence-electron chi connectivity index (χ3n) is 4.29. The molecule has 4 rings (SSSR count). The molecule has 3 aromatic carbocycles. The van der Waals surface area contributed by atoms with Crippen molar-refractivity contribution in [2.24, 2.45) is 5.10 Å². The van der Waals surface area contributed by atoms with Crippen molar-refractivity contribution >= 4 is 55.9 Å². The lowest BCUT2D eigenvalue weighted by Gasteiger charge is -2.04. The van der Waals surface area contributed by atoms with Crippen LogP contribution in [-0.4, -0.2) is 17.2 Å². The number of carbonyl (C=O) groups excluding carboxylic acids is 1. The molecule has 0 fully saturated rings. The number of phenolic OH excluding ortho intramolecular Hbond substituents is 1.